The Morgan fingerprint density at radius 3 is 1.10 bits per heavy atom. The monoisotopic (exact) mass is 1080 g/mol. The first-order valence-electron chi connectivity index (χ1n) is 30.1. The van der Waals surface area contributed by atoms with E-state index < -0.39 is 24.3 Å². The van der Waals surface area contributed by atoms with Crippen LogP contribution in [-0.4, -0.2) is 87.4 Å². The predicted octanol–water partition coefficient (Wildman–Crippen LogP) is 18.2. The highest BCUT2D eigenvalue weighted by molar-refractivity contribution is 5.71. The number of allylic oxidation sites excluding steroid dienone is 26. The van der Waals surface area contributed by atoms with Gasteiger partial charge in [0, 0.05) is 12.8 Å². The van der Waals surface area contributed by atoms with Crippen molar-refractivity contribution in [3.05, 3.63) is 158 Å². The summed E-state index contributed by atoms with van der Waals surface area (Å²) in [4.78, 5) is 37.3. The summed E-state index contributed by atoms with van der Waals surface area (Å²) in [5.74, 6) is -2.07. The van der Waals surface area contributed by atoms with Crippen molar-refractivity contribution in [2.24, 2.45) is 0 Å². The van der Waals surface area contributed by atoms with E-state index in [-0.39, 0.29) is 38.6 Å². The van der Waals surface area contributed by atoms with Crippen LogP contribution in [0.4, 0.5) is 0 Å². The zero-order chi connectivity index (χ0) is 56.9. The molecule has 0 fully saturated rings. The van der Waals surface area contributed by atoms with Crippen LogP contribution in [0.25, 0.3) is 0 Å². The van der Waals surface area contributed by atoms with Gasteiger partial charge in [0.2, 0.25) is 0 Å². The molecule has 9 nitrogen and oxygen atoms in total. The summed E-state index contributed by atoms with van der Waals surface area (Å²) in [5, 5.41) is 9.68. The molecule has 0 bridgehead atoms. The van der Waals surface area contributed by atoms with Crippen LogP contribution in [0.3, 0.4) is 0 Å². The molecule has 0 saturated heterocycles. The van der Waals surface area contributed by atoms with E-state index in [2.05, 4.69) is 172 Å². The lowest BCUT2D eigenvalue weighted by molar-refractivity contribution is -0.870. The fourth-order valence-corrected chi connectivity index (χ4v) is 7.40. The normalized spacial score (nSPS) is 13.9. The van der Waals surface area contributed by atoms with Gasteiger partial charge in [0.25, 0.3) is 6.29 Å². The van der Waals surface area contributed by atoms with Crippen LogP contribution in [0.15, 0.2) is 158 Å². The first kappa shape index (κ1) is 72.9. The van der Waals surface area contributed by atoms with Gasteiger partial charge in [-0.3, -0.25) is 9.59 Å². The summed E-state index contributed by atoms with van der Waals surface area (Å²) in [6.45, 7) is 4.66. The van der Waals surface area contributed by atoms with E-state index in [4.69, 9.17) is 18.9 Å². The first-order chi connectivity index (χ1) is 38.1. The smallest absolute Gasteiger partial charge is 0.361 e. The van der Waals surface area contributed by atoms with Gasteiger partial charge < -0.3 is 28.5 Å². The maximum atomic E-state index is 12.8. The fraction of sp³-hybridized carbons (Fsp3) is 0.580. The lowest BCUT2D eigenvalue weighted by Gasteiger charge is -2.25. The number of carboxylic acids is 1. The molecule has 0 aromatic heterocycles. The standard InChI is InChI=1S/C69H109NO8/c1-6-8-10-12-14-16-18-20-21-22-23-24-25-26-27-28-29-30-31-32-33-34-35-36-37-38-39-40-41-42-43-44-45-46-47-48-50-52-54-56-58-60-67(72)78-65(64-77-69(68(73)74)75-62-61-70(3,4)5)63-76-66(71)59-57-55-53-51-49-19-17-15-13-11-9-7-2/h8,10,14-17,20-21,23-24,26-27,29-30,32-33,35-36,38-39,41-42,44-45,47-48,65,69H,6-7,9,11-13,18-19,22,25,28,31,34,37,40,43,46,49-64H2,1-5H3/p+1/b10-8-,16-14-,17-15-,21-20-,24-23-,27-26-,30-29-,33-32-,36-35-,39-38-,42-41-,45-44-,48-47-. The lowest BCUT2D eigenvalue weighted by atomic mass is 10.1. The number of nitrogens with zero attached hydrogens (tertiary/aromatic N) is 1. The molecule has 2 unspecified atom stereocenters. The van der Waals surface area contributed by atoms with Gasteiger partial charge >= 0.3 is 17.9 Å². The molecule has 0 heterocycles. The third-order valence-electron chi connectivity index (χ3n) is 12.0. The molecule has 0 aromatic carbocycles. The average molecular weight is 1080 g/mol. The minimum Gasteiger partial charge on any atom is -0.477 e. The van der Waals surface area contributed by atoms with Gasteiger partial charge in [0.15, 0.2) is 6.10 Å². The average Bonchev–Trinajstić information content (AvgIpc) is 3.41. The van der Waals surface area contributed by atoms with Crippen molar-refractivity contribution < 1.29 is 42.9 Å². The number of quaternary nitrogens is 1. The Morgan fingerprint density at radius 1 is 0.397 bits per heavy atom. The number of hydrogen-bond donors (Lipinski definition) is 1. The highest BCUT2D eigenvalue weighted by atomic mass is 16.7. The number of carbonyl (C=O) groups excluding carboxylic acids is 2. The van der Waals surface area contributed by atoms with Crippen LogP contribution < -0.4 is 0 Å². The Bertz CT molecular complexity index is 1830. The predicted molar refractivity (Wildman–Crippen MR) is 331 cm³/mol. The second-order valence-corrected chi connectivity index (χ2v) is 20.6. The summed E-state index contributed by atoms with van der Waals surface area (Å²) in [7, 11) is 5.94. The second kappa shape index (κ2) is 58.1. The maximum Gasteiger partial charge on any atom is 0.361 e. The van der Waals surface area contributed by atoms with E-state index in [0.29, 0.717) is 17.4 Å². The Morgan fingerprint density at radius 2 is 0.731 bits per heavy atom. The zero-order valence-electron chi connectivity index (χ0n) is 49.8. The van der Waals surface area contributed by atoms with E-state index in [0.717, 1.165) is 148 Å². The summed E-state index contributed by atoms with van der Waals surface area (Å²) >= 11 is 0. The molecule has 0 rings (SSSR count). The van der Waals surface area contributed by atoms with Crippen LogP contribution >= 0.6 is 0 Å². The van der Waals surface area contributed by atoms with Gasteiger partial charge in [-0.15, -0.1) is 0 Å². The number of esters is 2. The topological polar surface area (TPSA) is 108 Å². The van der Waals surface area contributed by atoms with Crippen molar-refractivity contribution in [3.63, 3.8) is 0 Å². The van der Waals surface area contributed by atoms with Gasteiger partial charge in [0.1, 0.15) is 13.2 Å². The fourth-order valence-electron chi connectivity index (χ4n) is 7.40. The second-order valence-electron chi connectivity index (χ2n) is 20.6. The zero-order valence-corrected chi connectivity index (χ0v) is 49.8. The van der Waals surface area contributed by atoms with Crippen molar-refractivity contribution in [1.29, 1.82) is 0 Å². The highest BCUT2D eigenvalue weighted by Gasteiger charge is 2.25. The molecular formula is C69H110NO8+. The molecule has 0 aromatic rings. The Kier molecular flexibility index (Phi) is 54.3. The van der Waals surface area contributed by atoms with Crippen LogP contribution in [0, 0.1) is 0 Å². The largest absolute Gasteiger partial charge is 0.477 e. The first-order valence-corrected chi connectivity index (χ1v) is 30.1. The minimum absolute atomic E-state index is 0.173. The van der Waals surface area contributed by atoms with E-state index in [1.165, 1.54) is 19.3 Å². The number of likely N-dealkylation sites (N-methyl/N-ethyl adjacent to an activating group) is 1. The number of rotatable bonds is 53. The molecular weight excluding hydrogens is 971 g/mol. The van der Waals surface area contributed by atoms with Crippen LogP contribution in [-0.2, 0) is 33.3 Å². The quantitative estimate of drug-likeness (QED) is 0.0211. The molecule has 1 N–H and O–H groups in total. The number of carbonyl (C=O) groups is 3. The van der Waals surface area contributed by atoms with Gasteiger partial charge in [-0.2, -0.15) is 0 Å². The van der Waals surface area contributed by atoms with E-state index >= 15 is 0 Å². The van der Waals surface area contributed by atoms with Crippen molar-refractivity contribution in [2.45, 2.75) is 212 Å². The molecule has 0 spiro atoms. The molecule has 78 heavy (non-hydrogen) atoms. The van der Waals surface area contributed by atoms with E-state index in [1.807, 2.05) is 21.1 Å². The van der Waals surface area contributed by atoms with Gasteiger partial charge in [-0.25, -0.2) is 4.79 Å². The number of hydrogen-bond acceptors (Lipinski definition) is 7. The maximum absolute atomic E-state index is 12.8. The van der Waals surface area contributed by atoms with Crippen LogP contribution in [0.2, 0.25) is 0 Å². The van der Waals surface area contributed by atoms with Gasteiger partial charge in [-0.05, 0) is 128 Å². The molecule has 2 atom stereocenters. The molecule has 0 aliphatic carbocycles. The number of ether oxygens (including phenoxy) is 4. The highest BCUT2D eigenvalue weighted by Crippen LogP contribution is 2.13. The lowest BCUT2D eigenvalue weighted by Crippen LogP contribution is -2.40. The van der Waals surface area contributed by atoms with Crippen molar-refractivity contribution in [2.75, 3.05) is 47.5 Å². The molecule has 0 aliphatic rings. The molecule has 9 heteroatoms. The molecule has 0 aliphatic heterocycles. The van der Waals surface area contributed by atoms with E-state index in [9.17, 15) is 19.5 Å². The summed E-state index contributed by atoms with van der Waals surface area (Å²) in [6.07, 6.45) is 83.4. The SMILES string of the molecule is CC/C=C\C/C=C\C/C=C\C/C=C\C/C=C\C/C=C\C/C=C\C/C=C\C/C=C\C/C=C\C/C=C\C/C=C\CCCCCCC(=O)OC(COC(=O)CCCCCCC/C=C\CCCCC)COC(OCC[N+](C)(C)C)C(=O)O. The number of carboxylic acid groups (broad SMARTS) is 1. The number of aliphatic carboxylic acids is 1. The van der Waals surface area contributed by atoms with Crippen LogP contribution in [0.1, 0.15) is 200 Å². The van der Waals surface area contributed by atoms with Gasteiger partial charge in [-0.1, -0.05) is 217 Å². The summed E-state index contributed by atoms with van der Waals surface area (Å²) in [5.41, 5.74) is 0. The van der Waals surface area contributed by atoms with Crippen LogP contribution in [0.5, 0.6) is 0 Å². The molecule has 0 saturated carbocycles. The summed E-state index contributed by atoms with van der Waals surface area (Å²) < 4.78 is 22.8. The van der Waals surface area contributed by atoms with Crippen molar-refractivity contribution in [1.82, 2.24) is 0 Å². The van der Waals surface area contributed by atoms with E-state index in [1.54, 1.807) is 0 Å². The minimum atomic E-state index is -1.53. The third-order valence-corrected chi connectivity index (χ3v) is 12.0. The molecule has 0 radical (unpaired) electrons. The Labute approximate surface area is 476 Å². The third kappa shape index (κ3) is 58.6. The Balaban J connectivity index is 4.23. The van der Waals surface area contributed by atoms with Gasteiger partial charge in [0.05, 0.1) is 34.4 Å². The summed E-state index contributed by atoms with van der Waals surface area (Å²) in [6, 6.07) is 0. The number of unbranched alkanes of at least 4 members (excludes halogenated alkanes) is 12. The van der Waals surface area contributed by atoms with Crippen molar-refractivity contribution >= 4 is 17.9 Å². The molecule has 438 valence electrons. The molecule has 0 amide bonds. The van der Waals surface area contributed by atoms with Crippen molar-refractivity contribution in [3.8, 4) is 0 Å². The Hall–Kier alpha value is -5.09.